The molecule has 5 rings (SSSR count). The number of phenolic OH excluding ortho intramolecular Hbond substituents is 1. The summed E-state index contributed by atoms with van der Waals surface area (Å²) in [4.78, 5) is 39.2. The summed E-state index contributed by atoms with van der Waals surface area (Å²) in [6.07, 6.45) is 2.62. The normalized spacial score (nSPS) is 20.4. The van der Waals surface area contributed by atoms with E-state index in [-0.39, 0.29) is 45.5 Å². The summed E-state index contributed by atoms with van der Waals surface area (Å²) in [7, 11) is 4.38. The number of carbonyl (C=O) groups is 3. The standard InChI is InChI=1S/C28H24O10/c1-11-21(31)20-26(38-17-10-14(30)18(12(2)29)27(33)28(17,20)3)19-22(32)16(37-23(11)19)9-13-7-8-15(34-4)25(36-6)24(13)35-5/h7-10,30-31H,1-6H3/b16-9-/t28-/m0/s1. The number of carbonyl (C=O) groups excluding carboxylic acids is 3. The predicted octanol–water partition coefficient (Wildman–Crippen LogP) is 3.86. The minimum Gasteiger partial charge on any atom is -0.507 e. The first-order chi connectivity index (χ1) is 18.0. The lowest BCUT2D eigenvalue weighted by atomic mass is 9.71. The number of rotatable bonds is 5. The Bertz CT molecular complexity index is 1570. The number of aliphatic hydroxyl groups excluding tert-OH is 1. The number of Topliss-reactive ketones (excluding diaryl/α,β-unsaturated/α-hetero) is 3. The van der Waals surface area contributed by atoms with Gasteiger partial charge >= 0.3 is 0 Å². The molecule has 0 amide bonds. The fourth-order valence-electron chi connectivity index (χ4n) is 5.11. The maximum absolute atomic E-state index is 13.7. The Hall–Kier alpha value is -4.73. The lowest BCUT2D eigenvalue weighted by Gasteiger charge is -2.27. The zero-order valence-corrected chi connectivity index (χ0v) is 21.5. The van der Waals surface area contributed by atoms with Crippen LogP contribution in [0.3, 0.4) is 0 Å². The van der Waals surface area contributed by atoms with Crippen molar-refractivity contribution in [3.63, 3.8) is 0 Å². The van der Waals surface area contributed by atoms with Crippen LogP contribution in [0.4, 0.5) is 0 Å². The molecular weight excluding hydrogens is 496 g/mol. The number of ketones is 3. The summed E-state index contributed by atoms with van der Waals surface area (Å²) in [6, 6.07) is 3.31. The zero-order chi connectivity index (χ0) is 27.7. The maximum Gasteiger partial charge on any atom is 0.235 e. The van der Waals surface area contributed by atoms with Crippen LogP contribution in [0.2, 0.25) is 0 Å². The van der Waals surface area contributed by atoms with E-state index >= 15 is 0 Å². The van der Waals surface area contributed by atoms with Gasteiger partial charge in [-0.1, -0.05) is 0 Å². The molecule has 1 aliphatic carbocycles. The lowest BCUT2D eigenvalue weighted by Crippen LogP contribution is -2.38. The second-order valence-corrected chi connectivity index (χ2v) is 9.13. The highest BCUT2D eigenvalue weighted by Gasteiger charge is 2.56. The largest absolute Gasteiger partial charge is 0.507 e. The fraction of sp³-hybridized carbons (Fsp3) is 0.250. The van der Waals surface area contributed by atoms with Gasteiger partial charge in [0.2, 0.25) is 11.5 Å². The quantitative estimate of drug-likeness (QED) is 0.441. The molecule has 0 saturated carbocycles. The third-order valence-corrected chi connectivity index (χ3v) is 7.06. The average Bonchev–Trinajstić information content (AvgIpc) is 3.36. The molecule has 2 aliphatic heterocycles. The van der Waals surface area contributed by atoms with Crippen LogP contribution in [-0.4, -0.2) is 48.9 Å². The molecule has 2 N–H and O–H groups in total. The lowest BCUT2D eigenvalue weighted by molar-refractivity contribution is -0.123. The molecule has 2 aromatic rings. The summed E-state index contributed by atoms with van der Waals surface area (Å²) in [5, 5.41) is 21.5. The molecule has 0 radical (unpaired) electrons. The van der Waals surface area contributed by atoms with Crippen LogP contribution >= 0.6 is 0 Å². The summed E-state index contributed by atoms with van der Waals surface area (Å²) < 4.78 is 28.1. The van der Waals surface area contributed by atoms with Gasteiger partial charge in [0.25, 0.3) is 0 Å². The summed E-state index contributed by atoms with van der Waals surface area (Å²) in [5.41, 5.74) is -1.34. The van der Waals surface area contributed by atoms with Crippen LogP contribution in [0.5, 0.6) is 34.5 Å². The van der Waals surface area contributed by atoms with Gasteiger partial charge in [-0.25, -0.2) is 0 Å². The van der Waals surface area contributed by atoms with Crippen LogP contribution in [0.1, 0.15) is 40.9 Å². The molecular formula is C28H24O10. The summed E-state index contributed by atoms with van der Waals surface area (Å²) >= 11 is 0. The third-order valence-electron chi connectivity index (χ3n) is 7.06. The molecule has 2 heterocycles. The Morgan fingerprint density at radius 1 is 1.00 bits per heavy atom. The summed E-state index contributed by atoms with van der Waals surface area (Å²) in [5.74, 6) is -1.86. The number of benzene rings is 2. The minimum absolute atomic E-state index is 0.00850. The molecule has 3 aliphatic rings. The fourth-order valence-corrected chi connectivity index (χ4v) is 5.11. The Labute approximate surface area is 217 Å². The molecule has 0 spiro atoms. The molecule has 196 valence electrons. The van der Waals surface area contributed by atoms with Gasteiger partial charge in [0.1, 0.15) is 39.6 Å². The number of phenols is 1. The Kier molecular flexibility index (Phi) is 5.52. The maximum atomic E-state index is 13.7. The molecule has 10 heteroatoms. The second kappa shape index (κ2) is 8.41. The molecule has 2 aromatic carbocycles. The van der Waals surface area contributed by atoms with E-state index in [2.05, 4.69) is 0 Å². The van der Waals surface area contributed by atoms with Gasteiger partial charge in [-0.05, 0) is 39.0 Å². The van der Waals surface area contributed by atoms with E-state index in [9.17, 15) is 24.6 Å². The second-order valence-electron chi connectivity index (χ2n) is 9.13. The van der Waals surface area contributed by atoms with Crippen LogP contribution in [-0.2, 0) is 15.0 Å². The van der Waals surface area contributed by atoms with Gasteiger partial charge in [0, 0.05) is 17.2 Å². The van der Waals surface area contributed by atoms with Gasteiger partial charge in [0.05, 0.1) is 26.9 Å². The number of aromatic hydroxyl groups is 1. The van der Waals surface area contributed by atoms with Gasteiger partial charge in [-0.15, -0.1) is 0 Å². The monoisotopic (exact) mass is 520 g/mol. The number of aliphatic hydroxyl groups is 1. The van der Waals surface area contributed by atoms with Crippen molar-refractivity contribution < 1.29 is 48.3 Å². The van der Waals surface area contributed by atoms with Crippen LogP contribution in [0, 0.1) is 6.92 Å². The highest BCUT2D eigenvalue weighted by Crippen LogP contribution is 2.59. The molecule has 0 aromatic heterocycles. The number of methoxy groups -OCH3 is 3. The molecule has 0 bridgehead atoms. The number of ether oxygens (including phenoxy) is 5. The van der Waals surface area contributed by atoms with E-state index < -0.39 is 34.1 Å². The Balaban J connectivity index is 1.68. The number of fused-ring (bicyclic) bond motifs is 5. The van der Waals surface area contributed by atoms with Crippen molar-refractivity contribution in [2.45, 2.75) is 26.2 Å². The van der Waals surface area contributed by atoms with E-state index in [1.165, 1.54) is 34.3 Å². The first-order valence-corrected chi connectivity index (χ1v) is 11.5. The molecule has 10 nitrogen and oxygen atoms in total. The van der Waals surface area contributed by atoms with Crippen molar-refractivity contribution in [1.82, 2.24) is 0 Å². The predicted molar refractivity (Wildman–Crippen MR) is 133 cm³/mol. The van der Waals surface area contributed by atoms with Crippen molar-refractivity contribution >= 4 is 23.4 Å². The number of allylic oxidation sites excluding steroid dienone is 4. The van der Waals surface area contributed by atoms with Gasteiger partial charge in [0.15, 0.2) is 34.6 Å². The molecule has 0 unspecified atom stereocenters. The SMILES string of the molecule is COc1ccc(/C=C2\Oc3c(C)c(O)c4c(c3C2=O)OC2=CC(O)=C(C(C)=O)C(=O)[C@@]24C)c(OC)c1OC. The smallest absolute Gasteiger partial charge is 0.235 e. The highest BCUT2D eigenvalue weighted by atomic mass is 16.5. The first kappa shape index (κ1) is 24.9. The molecule has 38 heavy (non-hydrogen) atoms. The third kappa shape index (κ3) is 3.09. The number of hydrogen-bond donors (Lipinski definition) is 2. The van der Waals surface area contributed by atoms with E-state index in [1.54, 1.807) is 19.1 Å². The Morgan fingerprint density at radius 3 is 2.29 bits per heavy atom. The van der Waals surface area contributed by atoms with E-state index in [0.29, 0.717) is 22.8 Å². The average molecular weight is 520 g/mol. The van der Waals surface area contributed by atoms with Crippen LogP contribution in [0.25, 0.3) is 6.08 Å². The van der Waals surface area contributed by atoms with Gasteiger partial charge in [-0.2, -0.15) is 0 Å². The van der Waals surface area contributed by atoms with Crippen molar-refractivity contribution in [2.75, 3.05) is 21.3 Å². The van der Waals surface area contributed by atoms with Crippen molar-refractivity contribution in [1.29, 1.82) is 0 Å². The van der Waals surface area contributed by atoms with E-state index in [0.717, 1.165) is 13.0 Å². The van der Waals surface area contributed by atoms with E-state index in [1.807, 2.05) is 0 Å². The van der Waals surface area contributed by atoms with E-state index in [4.69, 9.17) is 23.7 Å². The van der Waals surface area contributed by atoms with Crippen LogP contribution in [0.15, 0.2) is 41.1 Å². The topological polar surface area (TPSA) is 138 Å². The van der Waals surface area contributed by atoms with Crippen molar-refractivity contribution in [3.05, 3.63) is 63.3 Å². The number of hydrogen-bond acceptors (Lipinski definition) is 10. The summed E-state index contributed by atoms with van der Waals surface area (Å²) in [6.45, 7) is 4.17. The minimum atomic E-state index is -1.63. The first-order valence-electron chi connectivity index (χ1n) is 11.5. The molecule has 1 atom stereocenters. The molecule has 0 fully saturated rings. The van der Waals surface area contributed by atoms with Crippen molar-refractivity contribution in [2.24, 2.45) is 0 Å². The van der Waals surface area contributed by atoms with Gasteiger partial charge in [-0.3, -0.25) is 14.4 Å². The van der Waals surface area contributed by atoms with Crippen molar-refractivity contribution in [3.8, 4) is 34.5 Å². The van der Waals surface area contributed by atoms with Crippen LogP contribution < -0.4 is 23.7 Å². The van der Waals surface area contributed by atoms with Gasteiger partial charge < -0.3 is 33.9 Å². The highest BCUT2D eigenvalue weighted by molar-refractivity contribution is 6.26. The Morgan fingerprint density at radius 2 is 1.68 bits per heavy atom. The molecule has 0 saturated heterocycles. The zero-order valence-electron chi connectivity index (χ0n) is 21.5.